The lowest BCUT2D eigenvalue weighted by molar-refractivity contribution is -0.129. The second-order valence-corrected chi connectivity index (χ2v) is 3.58. The van der Waals surface area contributed by atoms with Crippen LogP contribution in [0, 0.1) is 0 Å². The predicted octanol–water partition coefficient (Wildman–Crippen LogP) is 1.77. The molecule has 0 radical (unpaired) electrons. The number of carbonyl (C=O) groups is 1. The van der Waals surface area contributed by atoms with Crippen LogP contribution in [0.15, 0.2) is 6.20 Å². The van der Waals surface area contributed by atoms with Gasteiger partial charge in [0.2, 0.25) is 0 Å². The molecule has 0 fully saturated rings. The van der Waals surface area contributed by atoms with Crippen molar-refractivity contribution < 1.29 is 9.53 Å². The standard InChI is InChI=1S/C8H11NO2S/c1-2-3-7-4-9-8(12-7)5-11-6-10/h4,6H,2-3,5H2,1H3. The Morgan fingerprint density at radius 2 is 2.58 bits per heavy atom. The number of thiazole rings is 1. The highest BCUT2D eigenvalue weighted by Crippen LogP contribution is 2.14. The van der Waals surface area contributed by atoms with Crippen LogP contribution < -0.4 is 0 Å². The number of hydrogen-bond acceptors (Lipinski definition) is 4. The second-order valence-electron chi connectivity index (χ2n) is 2.38. The van der Waals surface area contributed by atoms with Crippen LogP contribution in [0.3, 0.4) is 0 Å². The van der Waals surface area contributed by atoms with Crippen LogP contribution in [0.4, 0.5) is 0 Å². The van der Waals surface area contributed by atoms with Gasteiger partial charge in [-0.2, -0.15) is 0 Å². The van der Waals surface area contributed by atoms with E-state index in [-0.39, 0.29) is 0 Å². The van der Waals surface area contributed by atoms with E-state index in [2.05, 4.69) is 16.6 Å². The van der Waals surface area contributed by atoms with Gasteiger partial charge in [0.15, 0.2) is 0 Å². The molecule has 0 atom stereocenters. The quantitative estimate of drug-likeness (QED) is 0.656. The highest BCUT2D eigenvalue weighted by molar-refractivity contribution is 7.11. The van der Waals surface area contributed by atoms with E-state index in [1.807, 2.05) is 6.20 Å². The summed E-state index contributed by atoms with van der Waals surface area (Å²) < 4.78 is 4.58. The molecule has 1 aromatic heterocycles. The number of rotatable bonds is 5. The third-order valence-corrected chi connectivity index (χ3v) is 2.40. The van der Waals surface area contributed by atoms with E-state index in [4.69, 9.17) is 0 Å². The Morgan fingerprint density at radius 3 is 3.25 bits per heavy atom. The van der Waals surface area contributed by atoms with E-state index >= 15 is 0 Å². The van der Waals surface area contributed by atoms with E-state index in [0.29, 0.717) is 13.1 Å². The fraction of sp³-hybridized carbons (Fsp3) is 0.500. The first-order valence-electron chi connectivity index (χ1n) is 3.85. The maximum atomic E-state index is 9.87. The van der Waals surface area contributed by atoms with Gasteiger partial charge in [0, 0.05) is 11.1 Å². The second kappa shape index (κ2) is 4.87. The number of ether oxygens (including phenoxy) is 1. The molecule has 1 rings (SSSR count). The van der Waals surface area contributed by atoms with Gasteiger partial charge in [0.1, 0.15) is 11.6 Å². The van der Waals surface area contributed by atoms with Crippen LogP contribution in [0.2, 0.25) is 0 Å². The van der Waals surface area contributed by atoms with Crippen LogP contribution in [0.25, 0.3) is 0 Å². The van der Waals surface area contributed by atoms with Crippen molar-refractivity contribution >= 4 is 17.8 Å². The summed E-state index contributed by atoms with van der Waals surface area (Å²) in [5.74, 6) is 0. The topological polar surface area (TPSA) is 39.2 Å². The lowest BCUT2D eigenvalue weighted by atomic mass is 10.3. The monoisotopic (exact) mass is 185 g/mol. The van der Waals surface area contributed by atoms with Crippen molar-refractivity contribution in [3.8, 4) is 0 Å². The third-order valence-electron chi connectivity index (χ3n) is 1.37. The summed E-state index contributed by atoms with van der Waals surface area (Å²) in [5, 5.41) is 0.866. The number of aryl methyl sites for hydroxylation is 1. The van der Waals surface area contributed by atoms with Crippen molar-refractivity contribution in [1.29, 1.82) is 0 Å². The molecule has 0 amide bonds. The van der Waals surface area contributed by atoms with Crippen LogP contribution in [0.5, 0.6) is 0 Å². The normalized spacial score (nSPS) is 9.75. The molecule has 0 aromatic carbocycles. The molecule has 4 heteroatoms. The Morgan fingerprint density at radius 1 is 1.75 bits per heavy atom. The molecule has 1 aromatic rings. The van der Waals surface area contributed by atoms with Gasteiger partial charge in [-0.3, -0.25) is 4.79 Å². The number of aromatic nitrogens is 1. The van der Waals surface area contributed by atoms with Crippen molar-refractivity contribution in [2.45, 2.75) is 26.4 Å². The van der Waals surface area contributed by atoms with E-state index in [9.17, 15) is 4.79 Å². The van der Waals surface area contributed by atoms with Gasteiger partial charge >= 0.3 is 0 Å². The molecule has 66 valence electrons. The molecule has 0 unspecified atom stereocenters. The summed E-state index contributed by atoms with van der Waals surface area (Å²) in [4.78, 5) is 15.2. The fourth-order valence-corrected chi connectivity index (χ4v) is 1.83. The van der Waals surface area contributed by atoms with E-state index in [1.165, 1.54) is 4.88 Å². The van der Waals surface area contributed by atoms with Crippen molar-refractivity contribution in [3.05, 3.63) is 16.1 Å². The number of nitrogens with zero attached hydrogens (tertiary/aromatic N) is 1. The lowest BCUT2D eigenvalue weighted by Crippen LogP contribution is -1.87. The molecule has 3 nitrogen and oxygen atoms in total. The van der Waals surface area contributed by atoms with Gasteiger partial charge < -0.3 is 4.74 Å². The molecule has 0 N–H and O–H groups in total. The maximum absolute atomic E-state index is 9.87. The molecular weight excluding hydrogens is 174 g/mol. The number of hydrogen-bond donors (Lipinski definition) is 0. The number of carbonyl (C=O) groups excluding carboxylic acids is 1. The molecular formula is C8H11NO2S. The first-order valence-corrected chi connectivity index (χ1v) is 4.67. The van der Waals surface area contributed by atoms with Crippen molar-refractivity contribution in [3.63, 3.8) is 0 Å². The Labute approximate surface area is 75.4 Å². The van der Waals surface area contributed by atoms with Crippen molar-refractivity contribution in [1.82, 2.24) is 4.98 Å². The predicted molar refractivity (Wildman–Crippen MR) is 47.0 cm³/mol. The summed E-state index contributed by atoms with van der Waals surface area (Å²) >= 11 is 1.60. The highest BCUT2D eigenvalue weighted by Gasteiger charge is 2.00. The molecule has 0 saturated carbocycles. The molecule has 1 heterocycles. The summed E-state index contributed by atoms with van der Waals surface area (Å²) in [6.07, 6.45) is 4.02. The molecule has 0 spiro atoms. The lowest BCUT2D eigenvalue weighted by Gasteiger charge is -1.90. The zero-order chi connectivity index (χ0) is 8.81. The first kappa shape index (κ1) is 9.19. The van der Waals surface area contributed by atoms with E-state index in [0.717, 1.165) is 17.8 Å². The molecule has 0 aliphatic heterocycles. The zero-order valence-electron chi connectivity index (χ0n) is 6.95. The summed E-state index contributed by atoms with van der Waals surface area (Å²) in [6.45, 7) is 2.88. The van der Waals surface area contributed by atoms with Crippen LogP contribution in [0.1, 0.15) is 23.2 Å². The third kappa shape index (κ3) is 2.62. The molecule has 0 aliphatic carbocycles. The first-order chi connectivity index (χ1) is 5.86. The minimum atomic E-state index is 0.303. The van der Waals surface area contributed by atoms with Gasteiger partial charge in [-0.05, 0) is 6.42 Å². The van der Waals surface area contributed by atoms with Gasteiger partial charge in [-0.1, -0.05) is 13.3 Å². The Hall–Kier alpha value is -0.900. The Balaban J connectivity index is 2.46. The fourth-order valence-electron chi connectivity index (χ4n) is 0.882. The minimum Gasteiger partial charge on any atom is -0.460 e. The molecule has 0 bridgehead atoms. The van der Waals surface area contributed by atoms with E-state index in [1.54, 1.807) is 11.3 Å². The van der Waals surface area contributed by atoms with Crippen molar-refractivity contribution in [2.75, 3.05) is 0 Å². The summed E-state index contributed by atoms with van der Waals surface area (Å²) in [5.41, 5.74) is 0. The van der Waals surface area contributed by atoms with Crippen LogP contribution in [-0.2, 0) is 22.6 Å². The zero-order valence-corrected chi connectivity index (χ0v) is 7.76. The largest absolute Gasteiger partial charge is 0.460 e. The van der Waals surface area contributed by atoms with E-state index < -0.39 is 0 Å². The van der Waals surface area contributed by atoms with Gasteiger partial charge in [-0.15, -0.1) is 11.3 Å². The summed E-state index contributed by atoms with van der Waals surface area (Å²) in [6, 6.07) is 0. The van der Waals surface area contributed by atoms with Gasteiger partial charge in [0.05, 0.1) is 0 Å². The average Bonchev–Trinajstić information content (AvgIpc) is 2.50. The van der Waals surface area contributed by atoms with Crippen LogP contribution in [-0.4, -0.2) is 11.5 Å². The Bertz CT molecular complexity index is 247. The molecule has 12 heavy (non-hydrogen) atoms. The average molecular weight is 185 g/mol. The molecule has 0 aliphatic rings. The van der Waals surface area contributed by atoms with Crippen LogP contribution >= 0.6 is 11.3 Å². The molecule has 0 saturated heterocycles. The minimum absolute atomic E-state index is 0.303. The highest BCUT2D eigenvalue weighted by atomic mass is 32.1. The van der Waals surface area contributed by atoms with Crippen molar-refractivity contribution in [2.24, 2.45) is 0 Å². The Kier molecular flexibility index (Phi) is 3.73. The SMILES string of the molecule is CCCc1cnc(COC=O)s1. The van der Waals surface area contributed by atoms with Gasteiger partial charge in [-0.25, -0.2) is 4.98 Å². The van der Waals surface area contributed by atoms with Gasteiger partial charge in [0.25, 0.3) is 6.47 Å². The summed E-state index contributed by atoms with van der Waals surface area (Å²) in [7, 11) is 0. The smallest absolute Gasteiger partial charge is 0.293 e. The maximum Gasteiger partial charge on any atom is 0.293 e.